The molecule has 4 rings (SSSR count). The summed E-state index contributed by atoms with van der Waals surface area (Å²) in [4.78, 5) is 12.1. The third-order valence-corrected chi connectivity index (χ3v) is 4.21. The molecule has 4 aromatic rings. The maximum Gasteiger partial charge on any atom is 0.315 e. The summed E-state index contributed by atoms with van der Waals surface area (Å²) in [6.07, 6.45) is 3.21. The number of hydrogen-bond donors (Lipinski definition) is 2. The number of furan rings is 2. The second kappa shape index (κ2) is 7.19. The van der Waals surface area contributed by atoms with Crippen LogP contribution in [0.2, 0.25) is 0 Å². The van der Waals surface area contributed by atoms with Crippen molar-refractivity contribution in [2.45, 2.75) is 13.1 Å². The zero-order valence-electron chi connectivity index (χ0n) is 14.1. The third-order valence-electron chi connectivity index (χ3n) is 4.21. The number of carbonyl (C=O) groups excluding carboxylic acids is 1. The molecule has 130 valence electrons. The van der Waals surface area contributed by atoms with E-state index in [1.54, 1.807) is 12.5 Å². The summed E-state index contributed by atoms with van der Waals surface area (Å²) in [5.74, 6) is 1.40. The molecule has 0 aliphatic carbocycles. The van der Waals surface area contributed by atoms with Crippen molar-refractivity contribution in [3.05, 3.63) is 84.5 Å². The fourth-order valence-electron chi connectivity index (χ4n) is 2.88. The molecule has 0 radical (unpaired) electrons. The highest BCUT2D eigenvalue weighted by Crippen LogP contribution is 2.22. The highest BCUT2D eigenvalue weighted by atomic mass is 16.3. The van der Waals surface area contributed by atoms with Crippen LogP contribution in [0.5, 0.6) is 0 Å². The average molecular weight is 346 g/mol. The molecule has 2 amide bonds. The third kappa shape index (κ3) is 3.47. The average Bonchev–Trinajstić information content (AvgIpc) is 3.36. The van der Waals surface area contributed by atoms with Gasteiger partial charge in [0.15, 0.2) is 0 Å². The van der Waals surface area contributed by atoms with E-state index >= 15 is 0 Å². The lowest BCUT2D eigenvalue weighted by Crippen LogP contribution is -2.34. The van der Waals surface area contributed by atoms with Gasteiger partial charge in [0.1, 0.15) is 17.8 Å². The molecule has 26 heavy (non-hydrogen) atoms. The van der Waals surface area contributed by atoms with Crippen molar-refractivity contribution in [3.63, 3.8) is 0 Å². The van der Waals surface area contributed by atoms with Crippen LogP contribution in [0.15, 0.2) is 82.0 Å². The number of amides is 2. The van der Waals surface area contributed by atoms with Crippen LogP contribution >= 0.6 is 0 Å². The van der Waals surface area contributed by atoms with Crippen molar-refractivity contribution in [1.29, 1.82) is 0 Å². The number of carbonyl (C=O) groups is 1. The zero-order valence-corrected chi connectivity index (χ0v) is 14.1. The predicted octanol–water partition coefficient (Wildman–Crippen LogP) is 4.69. The van der Waals surface area contributed by atoms with Crippen LogP contribution in [-0.2, 0) is 13.1 Å². The number of hydrogen-bond acceptors (Lipinski definition) is 3. The highest BCUT2D eigenvalue weighted by Gasteiger charge is 2.08. The first kappa shape index (κ1) is 16.0. The first-order chi connectivity index (χ1) is 12.8. The number of urea groups is 1. The minimum absolute atomic E-state index is 0.237. The Kier molecular flexibility index (Phi) is 4.43. The Labute approximate surface area is 150 Å². The molecule has 0 spiro atoms. The Balaban J connectivity index is 1.33. The Morgan fingerprint density at radius 1 is 0.885 bits per heavy atom. The van der Waals surface area contributed by atoms with Crippen molar-refractivity contribution in [3.8, 4) is 11.3 Å². The smallest absolute Gasteiger partial charge is 0.315 e. The normalized spacial score (nSPS) is 10.8. The molecule has 0 atom stereocenters. The lowest BCUT2D eigenvalue weighted by atomic mass is 10.0. The molecule has 2 aromatic carbocycles. The molecule has 0 aliphatic rings. The molecule has 2 aromatic heterocycles. The number of rotatable bonds is 5. The van der Waals surface area contributed by atoms with Crippen LogP contribution in [0.25, 0.3) is 22.1 Å². The standard InChI is InChI=1S/C21H18N2O3/c24-21(22-12-16-6-3-5-15-4-1-2-7-19(15)16)23-13-18-8-9-20(26-18)17-10-11-25-14-17/h1-11,14H,12-13H2,(H2,22,23,24). The summed E-state index contributed by atoms with van der Waals surface area (Å²) < 4.78 is 10.7. The van der Waals surface area contributed by atoms with Gasteiger partial charge in [-0.15, -0.1) is 0 Å². The number of fused-ring (bicyclic) bond motifs is 1. The summed E-state index contributed by atoms with van der Waals surface area (Å²) in [7, 11) is 0. The second-order valence-electron chi connectivity index (χ2n) is 5.95. The largest absolute Gasteiger partial charge is 0.472 e. The van der Waals surface area contributed by atoms with E-state index in [1.165, 1.54) is 0 Å². The van der Waals surface area contributed by atoms with Gasteiger partial charge in [0.05, 0.1) is 18.4 Å². The van der Waals surface area contributed by atoms with Crippen molar-refractivity contribution < 1.29 is 13.6 Å². The van der Waals surface area contributed by atoms with Crippen LogP contribution < -0.4 is 10.6 Å². The van der Waals surface area contributed by atoms with E-state index in [4.69, 9.17) is 8.83 Å². The molecule has 5 nitrogen and oxygen atoms in total. The van der Waals surface area contributed by atoms with E-state index < -0.39 is 0 Å². The first-order valence-electron chi connectivity index (χ1n) is 8.39. The van der Waals surface area contributed by atoms with Gasteiger partial charge in [-0.3, -0.25) is 0 Å². The van der Waals surface area contributed by atoms with E-state index in [0.29, 0.717) is 24.6 Å². The molecule has 0 saturated carbocycles. The fourth-order valence-corrected chi connectivity index (χ4v) is 2.88. The topological polar surface area (TPSA) is 67.4 Å². The Bertz CT molecular complexity index is 1010. The van der Waals surface area contributed by atoms with E-state index in [1.807, 2.05) is 42.5 Å². The summed E-state index contributed by atoms with van der Waals surface area (Å²) in [6.45, 7) is 0.783. The van der Waals surface area contributed by atoms with Gasteiger partial charge in [-0.25, -0.2) is 4.79 Å². The van der Waals surface area contributed by atoms with Crippen molar-refractivity contribution >= 4 is 16.8 Å². The lowest BCUT2D eigenvalue weighted by molar-refractivity contribution is 0.239. The quantitative estimate of drug-likeness (QED) is 0.551. The van der Waals surface area contributed by atoms with Gasteiger partial charge in [-0.1, -0.05) is 42.5 Å². The molecule has 0 bridgehead atoms. The van der Waals surface area contributed by atoms with Crippen molar-refractivity contribution in [2.75, 3.05) is 0 Å². The van der Waals surface area contributed by atoms with Crippen LogP contribution in [0.3, 0.4) is 0 Å². The van der Waals surface area contributed by atoms with Crippen LogP contribution in [0.4, 0.5) is 4.79 Å². The van der Waals surface area contributed by atoms with Crippen LogP contribution in [-0.4, -0.2) is 6.03 Å². The van der Waals surface area contributed by atoms with Gasteiger partial charge in [0.25, 0.3) is 0 Å². The minimum Gasteiger partial charge on any atom is -0.472 e. The number of nitrogens with one attached hydrogen (secondary N) is 2. The highest BCUT2D eigenvalue weighted by molar-refractivity contribution is 5.86. The van der Waals surface area contributed by atoms with Gasteiger partial charge in [-0.2, -0.15) is 0 Å². The molecule has 0 saturated heterocycles. The monoisotopic (exact) mass is 346 g/mol. The second-order valence-corrected chi connectivity index (χ2v) is 5.95. The van der Waals surface area contributed by atoms with Gasteiger partial charge < -0.3 is 19.5 Å². The zero-order chi connectivity index (χ0) is 17.8. The molecule has 0 aliphatic heterocycles. The Morgan fingerprint density at radius 3 is 2.62 bits per heavy atom. The van der Waals surface area contributed by atoms with Gasteiger partial charge in [-0.05, 0) is 34.5 Å². The molecule has 5 heteroatoms. The molecule has 0 unspecified atom stereocenters. The molecular weight excluding hydrogens is 328 g/mol. The van der Waals surface area contributed by atoms with E-state index in [-0.39, 0.29) is 6.03 Å². The van der Waals surface area contributed by atoms with E-state index in [9.17, 15) is 4.79 Å². The maximum atomic E-state index is 12.1. The van der Waals surface area contributed by atoms with E-state index in [0.717, 1.165) is 21.9 Å². The summed E-state index contributed by atoms with van der Waals surface area (Å²) >= 11 is 0. The predicted molar refractivity (Wildman–Crippen MR) is 99.4 cm³/mol. The fraction of sp³-hybridized carbons (Fsp3) is 0.0952. The molecular formula is C21H18N2O3. The Morgan fingerprint density at radius 2 is 1.73 bits per heavy atom. The van der Waals surface area contributed by atoms with Crippen molar-refractivity contribution in [1.82, 2.24) is 10.6 Å². The number of benzene rings is 2. The summed E-state index contributed by atoms with van der Waals surface area (Å²) in [5.41, 5.74) is 1.95. The summed E-state index contributed by atoms with van der Waals surface area (Å²) in [5, 5.41) is 8.00. The lowest BCUT2D eigenvalue weighted by Gasteiger charge is -2.09. The molecule has 2 heterocycles. The van der Waals surface area contributed by atoms with Gasteiger partial charge in [0, 0.05) is 6.54 Å². The van der Waals surface area contributed by atoms with Crippen LogP contribution in [0.1, 0.15) is 11.3 Å². The molecule has 0 fully saturated rings. The van der Waals surface area contributed by atoms with E-state index in [2.05, 4.69) is 28.8 Å². The minimum atomic E-state index is -0.237. The van der Waals surface area contributed by atoms with Crippen LogP contribution in [0, 0.1) is 0 Å². The SMILES string of the molecule is O=C(NCc1ccc(-c2ccoc2)o1)NCc1cccc2ccccc12. The maximum absolute atomic E-state index is 12.1. The van der Waals surface area contributed by atoms with Crippen molar-refractivity contribution in [2.24, 2.45) is 0 Å². The Hall–Kier alpha value is -3.47. The first-order valence-corrected chi connectivity index (χ1v) is 8.39. The van der Waals surface area contributed by atoms with Gasteiger partial charge >= 0.3 is 6.03 Å². The molecule has 2 N–H and O–H groups in total. The summed E-state index contributed by atoms with van der Waals surface area (Å²) in [6, 6.07) is 19.5. The van der Waals surface area contributed by atoms with Gasteiger partial charge in [0.2, 0.25) is 0 Å².